The first-order chi connectivity index (χ1) is 9.24. The SMILES string of the molecule is CCCNc1ccnc(C(=O)N(CC)CC2CC2)c1. The molecular formula is C15H23N3O. The van der Waals surface area contributed by atoms with Crippen molar-refractivity contribution in [2.24, 2.45) is 5.92 Å². The highest BCUT2D eigenvalue weighted by atomic mass is 16.2. The van der Waals surface area contributed by atoms with Crippen LogP contribution >= 0.6 is 0 Å². The van der Waals surface area contributed by atoms with Crippen LogP contribution in [0.1, 0.15) is 43.6 Å². The lowest BCUT2D eigenvalue weighted by Gasteiger charge is -2.20. The Hall–Kier alpha value is -1.58. The lowest BCUT2D eigenvalue weighted by Crippen LogP contribution is -2.33. The molecule has 1 aromatic heterocycles. The fraction of sp³-hybridized carbons (Fsp3) is 0.600. The molecule has 0 unspecified atom stereocenters. The van der Waals surface area contributed by atoms with Crippen molar-refractivity contribution >= 4 is 11.6 Å². The number of hydrogen-bond donors (Lipinski definition) is 1. The third-order valence-corrected chi connectivity index (χ3v) is 3.40. The maximum atomic E-state index is 12.4. The number of nitrogens with one attached hydrogen (secondary N) is 1. The maximum Gasteiger partial charge on any atom is 0.272 e. The van der Waals surface area contributed by atoms with Crippen molar-refractivity contribution in [3.05, 3.63) is 24.0 Å². The van der Waals surface area contributed by atoms with Crippen molar-refractivity contribution in [2.75, 3.05) is 25.0 Å². The number of pyridine rings is 1. The number of aromatic nitrogens is 1. The van der Waals surface area contributed by atoms with E-state index in [4.69, 9.17) is 0 Å². The Morgan fingerprint density at radius 3 is 2.89 bits per heavy atom. The lowest BCUT2D eigenvalue weighted by molar-refractivity contribution is 0.0751. The third kappa shape index (κ3) is 3.94. The molecule has 19 heavy (non-hydrogen) atoms. The summed E-state index contributed by atoms with van der Waals surface area (Å²) in [5.74, 6) is 0.764. The standard InChI is InChI=1S/C15H23N3O/c1-3-8-16-13-7-9-17-14(10-13)15(19)18(4-2)11-12-5-6-12/h7,9-10,12H,3-6,8,11H2,1-2H3,(H,16,17). The molecule has 1 aliphatic rings. The summed E-state index contributed by atoms with van der Waals surface area (Å²) in [6, 6.07) is 3.76. The largest absolute Gasteiger partial charge is 0.385 e. The molecule has 1 heterocycles. The van der Waals surface area contributed by atoms with E-state index in [2.05, 4.69) is 17.2 Å². The van der Waals surface area contributed by atoms with Crippen molar-refractivity contribution < 1.29 is 4.79 Å². The molecule has 2 rings (SSSR count). The van der Waals surface area contributed by atoms with Crippen LogP contribution in [0, 0.1) is 5.92 Å². The van der Waals surface area contributed by atoms with Crippen LogP contribution in [0.3, 0.4) is 0 Å². The molecule has 0 aromatic carbocycles. The van der Waals surface area contributed by atoms with Gasteiger partial charge < -0.3 is 10.2 Å². The summed E-state index contributed by atoms with van der Waals surface area (Å²) in [6.07, 6.45) is 5.29. The molecule has 4 heteroatoms. The van der Waals surface area contributed by atoms with Crippen LogP contribution < -0.4 is 5.32 Å². The average molecular weight is 261 g/mol. The van der Waals surface area contributed by atoms with Crippen molar-refractivity contribution in [2.45, 2.75) is 33.1 Å². The van der Waals surface area contributed by atoms with Gasteiger partial charge in [0.2, 0.25) is 0 Å². The molecule has 1 amide bonds. The van der Waals surface area contributed by atoms with Crippen LogP contribution in [-0.2, 0) is 0 Å². The van der Waals surface area contributed by atoms with Gasteiger partial charge in [0.15, 0.2) is 0 Å². The Morgan fingerprint density at radius 1 is 1.47 bits per heavy atom. The van der Waals surface area contributed by atoms with Gasteiger partial charge >= 0.3 is 0 Å². The van der Waals surface area contributed by atoms with Gasteiger partial charge in [0, 0.05) is 31.5 Å². The van der Waals surface area contributed by atoms with Crippen molar-refractivity contribution in [3.8, 4) is 0 Å². The molecule has 0 spiro atoms. The zero-order valence-corrected chi connectivity index (χ0v) is 11.9. The molecule has 0 bridgehead atoms. The molecule has 1 fully saturated rings. The van der Waals surface area contributed by atoms with E-state index >= 15 is 0 Å². The highest BCUT2D eigenvalue weighted by molar-refractivity contribution is 5.93. The van der Waals surface area contributed by atoms with Gasteiger partial charge in [-0.25, -0.2) is 0 Å². The number of nitrogens with zero attached hydrogens (tertiary/aromatic N) is 2. The second-order valence-corrected chi connectivity index (χ2v) is 5.14. The van der Waals surface area contributed by atoms with Crippen LogP contribution in [0.25, 0.3) is 0 Å². The second kappa shape index (κ2) is 6.55. The molecular weight excluding hydrogens is 238 g/mol. The Morgan fingerprint density at radius 2 is 2.26 bits per heavy atom. The molecule has 0 aliphatic heterocycles. The first-order valence-corrected chi connectivity index (χ1v) is 7.23. The monoisotopic (exact) mass is 261 g/mol. The summed E-state index contributed by atoms with van der Waals surface area (Å²) < 4.78 is 0. The van der Waals surface area contributed by atoms with E-state index < -0.39 is 0 Å². The second-order valence-electron chi connectivity index (χ2n) is 5.14. The molecule has 1 aliphatic carbocycles. The fourth-order valence-electron chi connectivity index (χ4n) is 2.06. The zero-order chi connectivity index (χ0) is 13.7. The fourth-order valence-corrected chi connectivity index (χ4v) is 2.06. The minimum Gasteiger partial charge on any atom is -0.385 e. The van der Waals surface area contributed by atoms with Gasteiger partial charge in [0.1, 0.15) is 5.69 Å². The predicted octanol–water partition coefficient (Wildman–Crippen LogP) is 2.78. The minimum absolute atomic E-state index is 0.0505. The summed E-state index contributed by atoms with van der Waals surface area (Å²) >= 11 is 0. The van der Waals surface area contributed by atoms with Crippen LogP contribution in [0.15, 0.2) is 18.3 Å². The molecule has 0 radical (unpaired) electrons. The van der Waals surface area contributed by atoms with E-state index in [0.29, 0.717) is 11.6 Å². The van der Waals surface area contributed by atoms with Gasteiger partial charge in [0.25, 0.3) is 5.91 Å². The van der Waals surface area contributed by atoms with Gasteiger partial charge in [-0.1, -0.05) is 6.92 Å². The summed E-state index contributed by atoms with van der Waals surface area (Å²) in [7, 11) is 0. The number of rotatable bonds is 7. The predicted molar refractivity (Wildman–Crippen MR) is 77.3 cm³/mol. The summed E-state index contributed by atoms with van der Waals surface area (Å²) in [4.78, 5) is 18.5. The van der Waals surface area contributed by atoms with E-state index in [0.717, 1.165) is 31.7 Å². The van der Waals surface area contributed by atoms with Gasteiger partial charge in [-0.3, -0.25) is 9.78 Å². The average Bonchev–Trinajstić information content (AvgIpc) is 3.26. The summed E-state index contributed by atoms with van der Waals surface area (Å²) in [5.41, 5.74) is 1.52. The third-order valence-electron chi connectivity index (χ3n) is 3.40. The Kier molecular flexibility index (Phi) is 4.77. The Balaban J connectivity index is 2.03. The van der Waals surface area contributed by atoms with Gasteiger partial charge in [-0.15, -0.1) is 0 Å². The maximum absolute atomic E-state index is 12.4. The summed E-state index contributed by atoms with van der Waals surface area (Å²) in [6.45, 7) is 6.69. The number of hydrogen-bond acceptors (Lipinski definition) is 3. The Labute approximate surface area is 115 Å². The molecule has 0 saturated heterocycles. The lowest BCUT2D eigenvalue weighted by atomic mass is 10.2. The number of carbonyl (C=O) groups is 1. The highest BCUT2D eigenvalue weighted by Gasteiger charge is 2.26. The van der Waals surface area contributed by atoms with E-state index in [1.807, 2.05) is 24.0 Å². The highest BCUT2D eigenvalue weighted by Crippen LogP contribution is 2.30. The summed E-state index contributed by atoms with van der Waals surface area (Å²) in [5, 5.41) is 3.29. The number of anilines is 1. The topological polar surface area (TPSA) is 45.2 Å². The molecule has 1 aromatic rings. The van der Waals surface area contributed by atoms with Crippen molar-refractivity contribution in [3.63, 3.8) is 0 Å². The molecule has 104 valence electrons. The van der Waals surface area contributed by atoms with E-state index in [9.17, 15) is 4.79 Å². The molecule has 1 saturated carbocycles. The van der Waals surface area contributed by atoms with Gasteiger partial charge in [-0.05, 0) is 44.2 Å². The van der Waals surface area contributed by atoms with Crippen LogP contribution in [-0.4, -0.2) is 35.4 Å². The van der Waals surface area contributed by atoms with Crippen molar-refractivity contribution in [1.29, 1.82) is 0 Å². The molecule has 0 atom stereocenters. The number of amides is 1. The van der Waals surface area contributed by atoms with Crippen LogP contribution in [0.4, 0.5) is 5.69 Å². The van der Waals surface area contributed by atoms with Gasteiger partial charge in [0.05, 0.1) is 0 Å². The number of carbonyl (C=O) groups excluding carboxylic acids is 1. The van der Waals surface area contributed by atoms with E-state index in [1.54, 1.807) is 6.20 Å². The first kappa shape index (κ1) is 13.8. The van der Waals surface area contributed by atoms with Gasteiger partial charge in [-0.2, -0.15) is 0 Å². The molecule has 4 nitrogen and oxygen atoms in total. The smallest absolute Gasteiger partial charge is 0.272 e. The minimum atomic E-state index is 0.0505. The Bertz CT molecular complexity index is 429. The molecule has 1 N–H and O–H groups in total. The zero-order valence-electron chi connectivity index (χ0n) is 11.9. The normalized spacial score (nSPS) is 14.2. The van der Waals surface area contributed by atoms with Crippen LogP contribution in [0.2, 0.25) is 0 Å². The van der Waals surface area contributed by atoms with Crippen molar-refractivity contribution in [1.82, 2.24) is 9.88 Å². The quantitative estimate of drug-likeness (QED) is 0.821. The first-order valence-electron chi connectivity index (χ1n) is 7.23. The van der Waals surface area contributed by atoms with E-state index in [1.165, 1.54) is 12.8 Å². The van der Waals surface area contributed by atoms with Crippen LogP contribution in [0.5, 0.6) is 0 Å². The van der Waals surface area contributed by atoms with E-state index in [-0.39, 0.29) is 5.91 Å².